The highest BCUT2D eigenvalue weighted by atomic mass is 15.1. The van der Waals surface area contributed by atoms with E-state index in [1.54, 1.807) is 0 Å². The Kier molecular flexibility index (Phi) is 4.20. The average Bonchev–Trinajstić information content (AvgIpc) is 2.96. The fraction of sp³-hybridized carbons (Fsp3) is 0.250. The number of nitrogens with one attached hydrogen (secondary N) is 1. The van der Waals surface area contributed by atoms with Gasteiger partial charge in [-0.15, -0.1) is 0 Å². The second-order valence-electron chi connectivity index (χ2n) is 6.39. The van der Waals surface area contributed by atoms with Gasteiger partial charge in [-0.3, -0.25) is 0 Å². The minimum Gasteiger partial charge on any atom is -0.378 e. The van der Waals surface area contributed by atoms with Gasteiger partial charge in [0.2, 0.25) is 0 Å². The van der Waals surface area contributed by atoms with E-state index in [-0.39, 0.29) is 0 Å². The Hall–Kier alpha value is -2.55. The van der Waals surface area contributed by atoms with Crippen molar-refractivity contribution in [2.24, 2.45) is 5.92 Å². The highest BCUT2D eigenvalue weighted by molar-refractivity contribution is 5.87. The Bertz CT molecular complexity index is 808. The van der Waals surface area contributed by atoms with Crippen LogP contribution in [-0.2, 0) is 0 Å². The van der Waals surface area contributed by atoms with E-state index in [4.69, 9.17) is 0 Å². The number of aromatic nitrogens is 2. The molecular formula is C20H23N3. The van der Waals surface area contributed by atoms with Crippen molar-refractivity contribution in [3.8, 4) is 0 Å². The third-order valence-corrected chi connectivity index (χ3v) is 3.86. The topological polar surface area (TPSA) is 31.9 Å². The van der Waals surface area contributed by atoms with E-state index >= 15 is 0 Å². The summed E-state index contributed by atoms with van der Waals surface area (Å²) in [6, 6.07) is 14.9. The minimum absolute atomic E-state index is 0.465. The van der Waals surface area contributed by atoms with Crippen molar-refractivity contribution >= 4 is 22.3 Å². The molecule has 0 aliphatic carbocycles. The molecule has 2 heterocycles. The second kappa shape index (κ2) is 6.29. The zero-order valence-corrected chi connectivity index (χ0v) is 14.2. The average molecular weight is 305 g/mol. The molecule has 0 bridgehead atoms. The van der Waals surface area contributed by atoms with E-state index in [0.29, 0.717) is 5.92 Å². The number of fused-ring (bicyclic) bond motifs is 1. The van der Waals surface area contributed by atoms with Crippen LogP contribution >= 0.6 is 0 Å². The molecule has 0 atom stereocenters. The quantitative estimate of drug-likeness (QED) is 0.756. The van der Waals surface area contributed by atoms with E-state index in [0.717, 1.165) is 16.7 Å². The molecule has 0 saturated heterocycles. The first-order valence-electron chi connectivity index (χ1n) is 7.98. The van der Waals surface area contributed by atoms with Gasteiger partial charge in [-0.05, 0) is 41.8 Å². The van der Waals surface area contributed by atoms with Gasteiger partial charge in [0.05, 0.1) is 0 Å². The van der Waals surface area contributed by atoms with Gasteiger partial charge in [0, 0.05) is 42.6 Å². The molecule has 3 nitrogen and oxygen atoms in total. The molecule has 0 saturated carbocycles. The molecule has 23 heavy (non-hydrogen) atoms. The summed E-state index contributed by atoms with van der Waals surface area (Å²) in [5.74, 6) is 0.465. The van der Waals surface area contributed by atoms with E-state index < -0.39 is 0 Å². The van der Waals surface area contributed by atoms with Gasteiger partial charge in [-0.25, -0.2) is 4.98 Å². The first kappa shape index (κ1) is 15.3. The van der Waals surface area contributed by atoms with Crippen molar-refractivity contribution in [1.82, 2.24) is 9.97 Å². The molecule has 3 heteroatoms. The van der Waals surface area contributed by atoms with Crippen LogP contribution in [0.3, 0.4) is 0 Å². The molecule has 0 unspecified atom stereocenters. The summed E-state index contributed by atoms with van der Waals surface area (Å²) >= 11 is 0. The highest BCUT2D eigenvalue weighted by Crippen LogP contribution is 2.29. The summed E-state index contributed by atoms with van der Waals surface area (Å²) in [4.78, 5) is 10.00. The van der Waals surface area contributed by atoms with Crippen LogP contribution in [0.25, 0.3) is 16.6 Å². The number of hydrogen-bond donors (Lipinski definition) is 1. The molecular weight excluding hydrogens is 282 g/mol. The van der Waals surface area contributed by atoms with Crippen LogP contribution in [0, 0.1) is 5.92 Å². The molecule has 0 spiro atoms. The Morgan fingerprint density at radius 2 is 1.96 bits per heavy atom. The standard InChI is InChI=1S/C20H23N3/c1-14(2)11-18(15-7-5-9-17(12-15)23(3)4)19-13-16-8-6-10-21-20(16)22-19/h5-14H,1-4H3,(H,21,22)/b18-11-. The zero-order valence-electron chi connectivity index (χ0n) is 14.2. The van der Waals surface area contributed by atoms with Gasteiger partial charge in [0.25, 0.3) is 0 Å². The van der Waals surface area contributed by atoms with Crippen molar-refractivity contribution in [3.63, 3.8) is 0 Å². The second-order valence-corrected chi connectivity index (χ2v) is 6.39. The zero-order chi connectivity index (χ0) is 16.4. The lowest BCUT2D eigenvalue weighted by atomic mass is 9.98. The molecule has 0 aliphatic rings. The van der Waals surface area contributed by atoms with Crippen molar-refractivity contribution in [2.75, 3.05) is 19.0 Å². The smallest absolute Gasteiger partial charge is 0.137 e. The monoisotopic (exact) mass is 305 g/mol. The van der Waals surface area contributed by atoms with Crippen LogP contribution in [0.1, 0.15) is 25.1 Å². The first-order valence-corrected chi connectivity index (χ1v) is 7.98. The number of aromatic amines is 1. The van der Waals surface area contributed by atoms with Crippen LogP contribution in [0.5, 0.6) is 0 Å². The van der Waals surface area contributed by atoms with Crippen LogP contribution in [0.15, 0.2) is 54.7 Å². The molecule has 1 aromatic carbocycles. The predicted octanol–water partition coefficient (Wildman–Crippen LogP) is 4.72. The van der Waals surface area contributed by atoms with E-state index in [1.165, 1.54) is 16.8 Å². The molecule has 3 aromatic rings. The maximum atomic E-state index is 4.41. The Labute approximate surface area is 137 Å². The summed E-state index contributed by atoms with van der Waals surface area (Å²) in [7, 11) is 4.13. The number of nitrogens with zero attached hydrogens (tertiary/aromatic N) is 2. The van der Waals surface area contributed by atoms with Gasteiger partial charge in [0.1, 0.15) is 5.65 Å². The maximum Gasteiger partial charge on any atom is 0.137 e. The van der Waals surface area contributed by atoms with Crippen LogP contribution in [-0.4, -0.2) is 24.1 Å². The largest absolute Gasteiger partial charge is 0.378 e. The number of H-pyrrole nitrogens is 1. The lowest BCUT2D eigenvalue weighted by molar-refractivity contribution is 0.833. The SMILES string of the molecule is CC(C)/C=C(/c1cccc(N(C)C)c1)c1cc2cccnc2[nH]1. The summed E-state index contributed by atoms with van der Waals surface area (Å²) in [6.07, 6.45) is 4.13. The van der Waals surface area contributed by atoms with Crippen LogP contribution in [0.2, 0.25) is 0 Å². The number of hydrogen-bond acceptors (Lipinski definition) is 2. The third kappa shape index (κ3) is 3.29. The maximum absolute atomic E-state index is 4.41. The molecule has 0 fully saturated rings. The summed E-state index contributed by atoms with van der Waals surface area (Å²) in [5.41, 5.74) is 5.69. The van der Waals surface area contributed by atoms with Crippen LogP contribution < -0.4 is 4.90 Å². The van der Waals surface area contributed by atoms with Crippen molar-refractivity contribution in [2.45, 2.75) is 13.8 Å². The van der Waals surface area contributed by atoms with Gasteiger partial charge in [0.15, 0.2) is 0 Å². The molecule has 118 valence electrons. The molecule has 2 aromatic heterocycles. The van der Waals surface area contributed by atoms with E-state index in [1.807, 2.05) is 12.3 Å². The molecule has 0 radical (unpaired) electrons. The summed E-state index contributed by atoms with van der Waals surface area (Å²) in [6.45, 7) is 4.41. The van der Waals surface area contributed by atoms with E-state index in [2.05, 4.69) is 85.3 Å². The lowest BCUT2D eigenvalue weighted by Crippen LogP contribution is -2.08. The Morgan fingerprint density at radius 1 is 1.13 bits per heavy atom. The van der Waals surface area contributed by atoms with E-state index in [9.17, 15) is 0 Å². The number of pyridine rings is 1. The summed E-state index contributed by atoms with van der Waals surface area (Å²) in [5, 5.41) is 1.14. The minimum atomic E-state index is 0.465. The Balaban J connectivity index is 2.13. The number of allylic oxidation sites excluding steroid dienone is 1. The van der Waals surface area contributed by atoms with Gasteiger partial charge in [-0.1, -0.05) is 32.1 Å². The highest BCUT2D eigenvalue weighted by Gasteiger charge is 2.11. The first-order chi connectivity index (χ1) is 11.0. The van der Waals surface area contributed by atoms with Crippen molar-refractivity contribution < 1.29 is 0 Å². The number of rotatable bonds is 4. The van der Waals surface area contributed by atoms with Crippen LogP contribution in [0.4, 0.5) is 5.69 Å². The number of benzene rings is 1. The summed E-state index contributed by atoms with van der Waals surface area (Å²) < 4.78 is 0. The fourth-order valence-corrected chi connectivity index (χ4v) is 2.73. The molecule has 0 amide bonds. The molecule has 3 rings (SSSR count). The Morgan fingerprint density at radius 3 is 2.65 bits per heavy atom. The predicted molar refractivity (Wildman–Crippen MR) is 98.8 cm³/mol. The fourth-order valence-electron chi connectivity index (χ4n) is 2.73. The molecule has 1 N–H and O–H groups in total. The normalized spacial score (nSPS) is 12.1. The van der Waals surface area contributed by atoms with Crippen molar-refractivity contribution in [3.05, 3.63) is 66.0 Å². The van der Waals surface area contributed by atoms with Crippen molar-refractivity contribution in [1.29, 1.82) is 0 Å². The van der Waals surface area contributed by atoms with Gasteiger partial charge >= 0.3 is 0 Å². The lowest BCUT2D eigenvalue weighted by Gasteiger charge is -2.15. The molecule has 0 aliphatic heterocycles. The van der Waals surface area contributed by atoms with Gasteiger partial charge in [-0.2, -0.15) is 0 Å². The number of anilines is 1. The third-order valence-electron chi connectivity index (χ3n) is 3.86. The van der Waals surface area contributed by atoms with Gasteiger partial charge < -0.3 is 9.88 Å².